The van der Waals surface area contributed by atoms with E-state index in [1.807, 2.05) is 6.08 Å². The summed E-state index contributed by atoms with van der Waals surface area (Å²) in [6, 6.07) is 0. The zero-order valence-electron chi connectivity index (χ0n) is 6.42. The van der Waals surface area contributed by atoms with Gasteiger partial charge in [-0.05, 0) is 31.6 Å². The minimum atomic E-state index is -0.632. The highest BCUT2D eigenvalue weighted by Crippen LogP contribution is 2.40. The molecule has 0 heterocycles. The van der Waals surface area contributed by atoms with Gasteiger partial charge in [0, 0.05) is 0 Å². The van der Waals surface area contributed by atoms with Crippen molar-refractivity contribution in [2.24, 2.45) is 11.8 Å². The van der Waals surface area contributed by atoms with Gasteiger partial charge < -0.3 is 5.11 Å². The second-order valence-electron chi connectivity index (χ2n) is 3.53. The average molecular weight is 152 g/mol. The number of hydrogen-bond donors (Lipinski definition) is 1. The van der Waals surface area contributed by atoms with Crippen LogP contribution in [0.5, 0.6) is 0 Å². The van der Waals surface area contributed by atoms with E-state index in [1.54, 1.807) is 0 Å². The fourth-order valence-corrected chi connectivity index (χ4v) is 2.20. The van der Waals surface area contributed by atoms with Gasteiger partial charge in [0.05, 0.1) is 5.92 Å². The Labute approximate surface area is 65.9 Å². The third-order valence-corrected chi connectivity index (χ3v) is 2.88. The van der Waals surface area contributed by atoms with Gasteiger partial charge in [0.2, 0.25) is 0 Å². The van der Waals surface area contributed by atoms with Crippen LogP contribution in [-0.2, 0) is 4.79 Å². The third-order valence-electron chi connectivity index (χ3n) is 2.88. The molecule has 0 aromatic carbocycles. The Morgan fingerprint density at radius 3 is 2.36 bits per heavy atom. The minimum Gasteiger partial charge on any atom is -0.481 e. The smallest absolute Gasteiger partial charge is 0.310 e. The summed E-state index contributed by atoms with van der Waals surface area (Å²) in [5.41, 5.74) is 1.37. The van der Waals surface area contributed by atoms with Gasteiger partial charge in [-0.3, -0.25) is 4.79 Å². The topological polar surface area (TPSA) is 37.3 Å². The molecule has 1 N–H and O–H groups in total. The van der Waals surface area contributed by atoms with Crippen molar-refractivity contribution in [1.29, 1.82) is 0 Å². The van der Waals surface area contributed by atoms with Crippen LogP contribution >= 0.6 is 0 Å². The fraction of sp³-hybridized carbons (Fsp3) is 0.667. The molecule has 11 heavy (non-hydrogen) atoms. The SMILES string of the molecule is O=C(O)C1C=C2CCC1CC2. The first-order chi connectivity index (χ1) is 5.27. The van der Waals surface area contributed by atoms with Crippen molar-refractivity contribution in [3.05, 3.63) is 11.6 Å². The quantitative estimate of drug-likeness (QED) is 0.582. The van der Waals surface area contributed by atoms with E-state index in [1.165, 1.54) is 5.57 Å². The molecule has 0 aromatic rings. The molecule has 1 unspecified atom stereocenters. The van der Waals surface area contributed by atoms with Crippen molar-refractivity contribution >= 4 is 5.97 Å². The van der Waals surface area contributed by atoms with Gasteiger partial charge in [0.25, 0.3) is 0 Å². The number of carboxylic acids is 1. The van der Waals surface area contributed by atoms with Crippen molar-refractivity contribution in [3.8, 4) is 0 Å². The van der Waals surface area contributed by atoms with Gasteiger partial charge in [0.15, 0.2) is 0 Å². The molecular weight excluding hydrogens is 140 g/mol. The molecule has 2 heteroatoms. The van der Waals surface area contributed by atoms with Crippen LogP contribution < -0.4 is 0 Å². The summed E-state index contributed by atoms with van der Waals surface area (Å²) < 4.78 is 0. The largest absolute Gasteiger partial charge is 0.481 e. The van der Waals surface area contributed by atoms with E-state index < -0.39 is 5.97 Å². The first kappa shape index (κ1) is 6.89. The molecule has 2 nitrogen and oxygen atoms in total. The predicted molar refractivity (Wildman–Crippen MR) is 41.2 cm³/mol. The molecule has 3 aliphatic rings. The van der Waals surface area contributed by atoms with Crippen LogP contribution in [0.4, 0.5) is 0 Å². The maximum atomic E-state index is 10.7. The highest BCUT2D eigenvalue weighted by molar-refractivity contribution is 5.73. The maximum absolute atomic E-state index is 10.7. The highest BCUT2D eigenvalue weighted by atomic mass is 16.4. The Morgan fingerprint density at radius 1 is 1.45 bits per heavy atom. The van der Waals surface area contributed by atoms with E-state index in [9.17, 15) is 4.79 Å². The maximum Gasteiger partial charge on any atom is 0.310 e. The number of carboxylic acid groups (broad SMARTS) is 1. The van der Waals surface area contributed by atoms with Crippen molar-refractivity contribution in [1.82, 2.24) is 0 Å². The first-order valence-electron chi connectivity index (χ1n) is 4.20. The van der Waals surface area contributed by atoms with Crippen LogP contribution in [0.15, 0.2) is 11.6 Å². The molecule has 2 bridgehead atoms. The summed E-state index contributed by atoms with van der Waals surface area (Å²) in [5, 5.41) is 8.82. The number of aliphatic carboxylic acids is 1. The standard InChI is InChI=1S/C9H12O2/c10-9(11)8-5-6-1-3-7(8)4-2-6/h5,7-8H,1-4H2,(H,10,11). The zero-order valence-corrected chi connectivity index (χ0v) is 6.42. The molecule has 3 aliphatic carbocycles. The van der Waals surface area contributed by atoms with Crippen molar-refractivity contribution in [3.63, 3.8) is 0 Å². The monoisotopic (exact) mass is 152 g/mol. The van der Waals surface area contributed by atoms with Gasteiger partial charge in [-0.2, -0.15) is 0 Å². The van der Waals surface area contributed by atoms with Crippen LogP contribution in [-0.4, -0.2) is 11.1 Å². The van der Waals surface area contributed by atoms with Gasteiger partial charge in [-0.1, -0.05) is 11.6 Å². The lowest BCUT2D eigenvalue weighted by Crippen LogP contribution is -2.29. The highest BCUT2D eigenvalue weighted by Gasteiger charge is 2.33. The fourth-order valence-electron chi connectivity index (χ4n) is 2.20. The normalized spacial score (nSPS) is 35.1. The Bertz CT molecular complexity index is 208. The zero-order chi connectivity index (χ0) is 7.84. The molecular formula is C9H12O2. The average Bonchev–Trinajstić information content (AvgIpc) is 2.06. The van der Waals surface area contributed by atoms with Gasteiger partial charge >= 0.3 is 5.97 Å². The van der Waals surface area contributed by atoms with E-state index >= 15 is 0 Å². The molecule has 0 aliphatic heterocycles. The van der Waals surface area contributed by atoms with Gasteiger partial charge in [-0.15, -0.1) is 0 Å². The Morgan fingerprint density at radius 2 is 2.09 bits per heavy atom. The van der Waals surface area contributed by atoms with Crippen LogP contribution in [0, 0.1) is 11.8 Å². The molecule has 0 spiro atoms. The molecule has 1 fully saturated rings. The summed E-state index contributed by atoms with van der Waals surface area (Å²) in [6.07, 6.45) is 6.47. The molecule has 60 valence electrons. The van der Waals surface area contributed by atoms with Gasteiger partial charge in [-0.25, -0.2) is 0 Å². The lowest BCUT2D eigenvalue weighted by molar-refractivity contribution is -0.142. The summed E-state index contributed by atoms with van der Waals surface area (Å²) in [4.78, 5) is 10.7. The molecule has 0 amide bonds. The first-order valence-corrected chi connectivity index (χ1v) is 4.20. The molecule has 0 saturated heterocycles. The summed E-state index contributed by atoms with van der Waals surface area (Å²) >= 11 is 0. The van der Waals surface area contributed by atoms with Crippen LogP contribution in [0.3, 0.4) is 0 Å². The molecule has 1 saturated carbocycles. The lowest BCUT2D eigenvalue weighted by Gasteiger charge is -2.33. The number of allylic oxidation sites excluding steroid dienone is 1. The third kappa shape index (κ3) is 1.06. The van der Waals surface area contributed by atoms with E-state index in [-0.39, 0.29) is 5.92 Å². The Kier molecular flexibility index (Phi) is 1.48. The molecule has 1 atom stereocenters. The number of rotatable bonds is 1. The second-order valence-corrected chi connectivity index (χ2v) is 3.53. The second kappa shape index (κ2) is 2.36. The Hall–Kier alpha value is -0.790. The van der Waals surface area contributed by atoms with Crippen LogP contribution in [0.1, 0.15) is 25.7 Å². The van der Waals surface area contributed by atoms with Crippen molar-refractivity contribution in [2.45, 2.75) is 25.7 Å². The lowest BCUT2D eigenvalue weighted by atomic mass is 9.71. The minimum absolute atomic E-state index is 0.160. The van der Waals surface area contributed by atoms with E-state index in [4.69, 9.17) is 5.11 Å². The number of carbonyl (C=O) groups is 1. The predicted octanol–water partition coefficient (Wildman–Crippen LogP) is 1.82. The van der Waals surface area contributed by atoms with E-state index in [0.29, 0.717) is 5.92 Å². The summed E-state index contributed by atoms with van der Waals surface area (Å²) in [7, 11) is 0. The Balaban J connectivity index is 2.24. The van der Waals surface area contributed by atoms with Crippen molar-refractivity contribution in [2.75, 3.05) is 0 Å². The number of hydrogen-bond acceptors (Lipinski definition) is 1. The number of fused-ring (bicyclic) bond motifs is 3. The summed E-state index contributed by atoms with van der Waals surface area (Å²) in [6.45, 7) is 0. The van der Waals surface area contributed by atoms with E-state index in [0.717, 1.165) is 25.7 Å². The van der Waals surface area contributed by atoms with Crippen LogP contribution in [0.2, 0.25) is 0 Å². The molecule has 0 aromatic heterocycles. The molecule has 3 rings (SSSR count). The van der Waals surface area contributed by atoms with Crippen molar-refractivity contribution < 1.29 is 9.90 Å². The van der Waals surface area contributed by atoms with E-state index in [2.05, 4.69) is 0 Å². The van der Waals surface area contributed by atoms with Gasteiger partial charge in [0.1, 0.15) is 0 Å². The summed E-state index contributed by atoms with van der Waals surface area (Å²) in [5.74, 6) is -0.357. The molecule has 0 radical (unpaired) electrons. The van der Waals surface area contributed by atoms with Crippen LogP contribution in [0.25, 0.3) is 0 Å².